The van der Waals surface area contributed by atoms with Crippen LogP contribution in [0.2, 0.25) is 5.02 Å². The highest BCUT2D eigenvalue weighted by molar-refractivity contribution is 7.99. The van der Waals surface area contributed by atoms with Gasteiger partial charge in [-0.15, -0.1) is 16.8 Å². The molecule has 3 rings (SSSR count). The molecule has 10 heteroatoms. The molecule has 0 spiro atoms. The number of aromatic nitrogens is 3. The number of amides is 2. The molecule has 1 unspecified atom stereocenters. The molecule has 1 aromatic heterocycles. The summed E-state index contributed by atoms with van der Waals surface area (Å²) in [6.07, 6.45) is 1.32. The Hall–Kier alpha value is -3.30. The van der Waals surface area contributed by atoms with Crippen LogP contribution in [0.25, 0.3) is 0 Å². The van der Waals surface area contributed by atoms with Gasteiger partial charge in [0.25, 0.3) is 5.91 Å². The summed E-state index contributed by atoms with van der Waals surface area (Å²) in [6, 6.07) is 10.3. The minimum Gasteiger partial charge on any atom is -0.483 e. The molecule has 2 amide bonds. The summed E-state index contributed by atoms with van der Waals surface area (Å²) < 4.78 is 7.96. The van der Waals surface area contributed by atoms with Crippen LogP contribution < -0.4 is 15.8 Å². The van der Waals surface area contributed by atoms with E-state index in [-0.39, 0.29) is 17.2 Å². The van der Waals surface area contributed by atoms with E-state index in [0.717, 1.165) is 11.1 Å². The molecule has 0 saturated heterocycles. The lowest BCUT2D eigenvalue weighted by Gasteiger charge is -2.17. The highest BCUT2D eigenvalue weighted by Gasteiger charge is 2.20. The average Bonchev–Trinajstić information content (AvgIpc) is 3.19. The molecule has 0 fully saturated rings. The second-order valence-electron chi connectivity index (χ2n) is 7.62. The Labute approximate surface area is 207 Å². The summed E-state index contributed by atoms with van der Waals surface area (Å²) in [6.45, 7) is 9.99. The summed E-state index contributed by atoms with van der Waals surface area (Å²) in [5, 5.41) is 12.5. The normalized spacial score (nSPS) is 11.6. The third-order valence-electron chi connectivity index (χ3n) is 4.94. The molecule has 178 valence electrons. The Morgan fingerprint density at radius 1 is 1.26 bits per heavy atom. The fraction of sp³-hybridized carbons (Fsp3) is 0.250. The van der Waals surface area contributed by atoms with Crippen molar-refractivity contribution < 1.29 is 14.3 Å². The van der Waals surface area contributed by atoms with Crippen LogP contribution in [0.1, 0.15) is 40.3 Å². The van der Waals surface area contributed by atoms with Crippen LogP contribution in [0.15, 0.2) is 54.2 Å². The Balaban J connectivity index is 1.72. The Morgan fingerprint density at radius 2 is 1.94 bits per heavy atom. The minimum atomic E-state index is -0.612. The van der Waals surface area contributed by atoms with Gasteiger partial charge in [0.2, 0.25) is 5.91 Å². The number of rotatable bonds is 10. The molecule has 3 N–H and O–H groups in total. The summed E-state index contributed by atoms with van der Waals surface area (Å²) in [7, 11) is 0. The van der Waals surface area contributed by atoms with Crippen molar-refractivity contribution in [2.75, 3.05) is 11.1 Å². The van der Waals surface area contributed by atoms with Gasteiger partial charge in [0.05, 0.1) is 17.0 Å². The fourth-order valence-corrected chi connectivity index (χ4v) is 4.23. The van der Waals surface area contributed by atoms with Crippen molar-refractivity contribution in [3.8, 4) is 5.75 Å². The number of benzene rings is 2. The van der Waals surface area contributed by atoms with Gasteiger partial charge >= 0.3 is 0 Å². The number of nitrogens with one attached hydrogen (secondary N) is 1. The van der Waals surface area contributed by atoms with E-state index in [1.54, 1.807) is 30.3 Å². The molecular formula is C24H26ClN5O3S. The molecule has 0 bridgehead atoms. The molecule has 3 aromatic rings. The van der Waals surface area contributed by atoms with E-state index in [1.807, 2.05) is 37.5 Å². The smallest absolute Gasteiger partial charge is 0.250 e. The number of anilines is 1. The molecule has 1 heterocycles. The Morgan fingerprint density at radius 3 is 2.59 bits per heavy atom. The van der Waals surface area contributed by atoms with Crippen LogP contribution in [0.4, 0.5) is 5.69 Å². The number of carbonyl (C=O) groups excluding carboxylic acids is 2. The van der Waals surface area contributed by atoms with Gasteiger partial charge in [-0.1, -0.05) is 41.6 Å². The van der Waals surface area contributed by atoms with E-state index < -0.39 is 12.0 Å². The van der Waals surface area contributed by atoms with E-state index in [0.29, 0.717) is 34.0 Å². The second kappa shape index (κ2) is 11.2. The first-order valence-corrected chi connectivity index (χ1v) is 11.9. The quantitative estimate of drug-likeness (QED) is 0.309. The monoisotopic (exact) mass is 499 g/mol. The summed E-state index contributed by atoms with van der Waals surface area (Å²) in [5.41, 5.74) is 7.84. The topological polar surface area (TPSA) is 112 Å². The maximum atomic E-state index is 12.5. The first-order chi connectivity index (χ1) is 16.2. The van der Waals surface area contributed by atoms with Crippen molar-refractivity contribution in [1.29, 1.82) is 0 Å². The van der Waals surface area contributed by atoms with E-state index in [9.17, 15) is 9.59 Å². The molecule has 0 saturated carbocycles. The van der Waals surface area contributed by atoms with Crippen LogP contribution in [0, 0.1) is 13.8 Å². The third-order valence-corrected chi connectivity index (χ3v) is 6.51. The average molecular weight is 500 g/mol. The number of ether oxygens (including phenoxy) is 1. The Bertz CT molecular complexity index is 1200. The Kier molecular flexibility index (Phi) is 8.36. The summed E-state index contributed by atoms with van der Waals surface area (Å²) in [4.78, 5) is 24.1. The number of para-hydroxylation sites is 1. The number of hydrogen-bond donors (Lipinski definition) is 2. The summed E-state index contributed by atoms with van der Waals surface area (Å²) in [5.74, 6) is 0.436. The maximum Gasteiger partial charge on any atom is 0.250 e. The van der Waals surface area contributed by atoms with Gasteiger partial charge in [-0.3, -0.25) is 14.2 Å². The van der Waals surface area contributed by atoms with Crippen molar-refractivity contribution in [3.63, 3.8) is 0 Å². The van der Waals surface area contributed by atoms with E-state index in [2.05, 4.69) is 22.1 Å². The van der Waals surface area contributed by atoms with Gasteiger partial charge in [0, 0.05) is 11.6 Å². The summed E-state index contributed by atoms with van der Waals surface area (Å²) >= 11 is 7.48. The second-order valence-corrected chi connectivity index (χ2v) is 8.94. The van der Waals surface area contributed by atoms with Crippen LogP contribution in [0.5, 0.6) is 5.75 Å². The third kappa shape index (κ3) is 5.98. The van der Waals surface area contributed by atoms with Gasteiger partial charge in [0.1, 0.15) is 5.75 Å². The number of nitrogens with two attached hydrogens (primary N) is 1. The zero-order valence-electron chi connectivity index (χ0n) is 19.2. The highest BCUT2D eigenvalue weighted by Crippen LogP contribution is 2.30. The van der Waals surface area contributed by atoms with Gasteiger partial charge in [-0.2, -0.15) is 0 Å². The van der Waals surface area contributed by atoms with Crippen molar-refractivity contribution in [2.24, 2.45) is 5.73 Å². The SMILES string of the molecule is C=CCn1c(SCC(=O)Nc2ccccc2C(N)=O)nnc1C(C)Oc1cc(C)c(Cl)c(C)c1. The van der Waals surface area contributed by atoms with Crippen LogP contribution in [-0.4, -0.2) is 32.3 Å². The molecule has 0 aliphatic rings. The lowest BCUT2D eigenvalue weighted by atomic mass is 10.1. The van der Waals surface area contributed by atoms with Crippen LogP contribution in [-0.2, 0) is 11.3 Å². The maximum absolute atomic E-state index is 12.5. The van der Waals surface area contributed by atoms with Crippen molar-refractivity contribution >= 4 is 40.9 Å². The number of carbonyl (C=O) groups is 2. The number of aryl methyl sites for hydroxylation is 2. The fourth-order valence-electron chi connectivity index (χ4n) is 3.36. The van der Waals surface area contributed by atoms with Gasteiger partial charge in [-0.25, -0.2) is 0 Å². The molecule has 1 atom stereocenters. The lowest BCUT2D eigenvalue weighted by Crippen LogP contribution is -2.19. The van der Waals surface area contributed by atoms with E-state index >= 15 is 0 Å². The lowest BCUT2D eigenvalue weighted by molar-refractivity contribution is -0.113. The number of nitrogens with zero attached hydrogens (tertiary/aromatic N) is 3. The van der Waals surface area contributed by atoms with Crippen molar-refractivity contribution in [1.82, 2.24) is 14.8 Å². The minimum absolute atomic E-state index is 0.0627. The zero-order valence-corrected chi connectivity index (χ0v) is 20.7. The predicted molar refractivity (Wildman–Crippen MR) is 135 cm³/mol. The van der Waals surface area contributed by atoms with E-state index in [4.69, 9.17) is 22.1 Å². The molecule has 34 heavy (non-hydrogen) atoms. The molecule has 0 aliphatic carbocycles. The van der Waals surface area contributed by atoms with E-state index in [1.165, 1.54) is 11.8 Å². The molecule has 0 radical (unpaired) electrons. The molecule has 2 aromatic carbocycles. The van der Waals surface area contributed by atoms with Gasteiger partial charge in [0.15, 0.2) is 17.1 Å². The number of primary amides is 1. The molecular weight excluding hydrogens is 474 g/mol. The van der Waals surface area contributed by atoms with Crippen molar-refractivity contribution in [3.05, 3.63) is 76.6 Å². The number of hydrogen-bond acceptors (Lipinski definition) is 6. The first-order valence-electron chi connectivity index (χ1n) is 10.5. The number of allylic oxidation sites excluding steroid dienone is 1. The van der Waals surface area contributed by atoms with Crippen molar-refractivity contribution in [2.45, 2.75) is 38.6 Å². The number of thioether (sulfide) groups is 1. The molecule has 0 aliphatic heterocycles. The number of halogens is 1. The first kappa shape index (κ1) is 25.3. The zero-order chi connectivity index (χ0) is 24.8. The van der Waals surface area contributed by atoms with Crippen LogP contribution in [0.3, 0.4) is 0 Å². The van der Waals surface area contributed by atoms with Gasteiger partial charge < -0.3 is 15.8 Å². The molecule has 8 nitrogen and oxygen atoms in total. The van der Waals surface area contributed by atoms with Crippen LogP contribution >= 0.6 is 23.4 Å². The predicted octanol–water partition coefficient (Wildman–Crippen LogP) is 4.70. The van der Waals surface area contributed by atoms with Gasteiger partial charge in [-0.05, 0) is 56.2 Å². The highest BCUT2D eigenvalue weighted by atomic mass is 35.5. The standard InChI is InChI=1S/C24H26ClN5O3S/c1-5-10-30-23(16(4)33-17-11-14(2)21(25)15(3)12-17)28-29-24(30)34-13-20(31)27-19-9-7-6-8-18(19)22(26)32/h5-9,11-12,16H,1,10,13H2,2-4H3,(H2,26,32)(H,27,31). The largest absolute Gasteiger partial charge is 0.483 e.